The van der Waals surface area contributed by atoms with Crippen molar-refractivity contribution in [2.75, 3.05) is 5.73 Å². The summed E-state index contributed by atoms with van der Waals surface area (Å²) in [6.07, 6.45) is 2.02. The van der Waals surface area contributed by atoms with Crippen molar-refractivity contribution in [2.24, 2.45) is 0 Å². The van der Waals surface area contributed by atoms with Crippen molar-refractivity contribution in [1.29, 1.82) is 0 Å². The fourth-order valence-electron chi connectivity index (χ4n) is 1.46. The van der Waals surface area contributed by atoms with Crippen LogP contribution in [0.3, 0.4) is 0 Å². The van der Waals surface area contributed by atoms with Crippen molar-refractivity contribution in [1.82, 2.24) is 9.97 Å². The number of carbonyl (C=O) groups is 1. The van der Waals surface area contributed by atoms with E-state index in [2.05, 4.69) is 9.97 Å². The second kappa shape index (κ2) is 5.27. The summed E-state index contributed by atoms with van der Waals surface area (Å²) in [5, 5.41) is 0. The fourth-order valence-corrected chi connectivity index (χ4v) is 1.46. The molecule has 0 saturated carbocycles. The Morgan fingerprint density at radius 3 is 2.94 bits per heavy atom. The highest BCUT2D eigenvalue weighted by Gasteiger charge is 2.04. The third-order valence-corrected chi connectivity index (χ3v) is 2.38. The number of rotatable bonds is 4. The van der Waals surface area contributed by atoms with Gasteiger partial charge in [-0.1, -0.05) is 12.1 Å². The molecule has 5 heteroatoms. The van der Waals surface area contributed by atoms with Gasteiger partial charge in [-0.25, -0.2) is 9.97 Å². The van der Waals surface area contributed by atoms with Crippen molar-refractivity contribution in [3.05, 3.63) is 47.4 Å². The Morgan fingerprint density at radius 2 is 2.28 bits per heavy atom. The van der Waals surface area contributed by atoms with Crippen LogP contribution in [0, 0.1) is 6.92 Å². The number of aromatic nitrogens is 2. The molecule has 2 N–H and O–H groups in total. The molecular formula is C13H13N3O2. The molecule has 0 radical (unpaired) electrons. The zero-order valence-electron chi connectivity index (χ0n) is 9.96. The van der Waals surface area contributed by atoms with Gasteiger partial charge in [-0.3, -0.25) is 4.79 Å². The molecule has 1 aromatic carbocycles. The van der Waals surface area contributed by atoms with E-state index in [1.165, 1.54) is 6.20 Å². The summed E-state index contributed by atoms with van der Waals surface area (Å²) < 4.78 is 5.53. The van der Waals surface area contributed by atoms with E-state index >= 15 is 0 Å². The van der Waals surface area contributed by atoms with E-state index < -0.39 is 0 Å². The molecule has 0 aliphatic rings. The van der Waals surface area contributed by atoms with Crippen molar-refractivity contribution in [3.63, 3.8) is 0 Å². The van der Waals surface area contributed by atoms with Gasteiger partial charge in [0.25, 0.3) is 0 Å². The Morgan fingerprint density at radius 1 is 1.44 bits per heavy atom. The molecule has 0 aliphatic heterocycles. The number of benzene rings is 1. The van der Waals surface area contributed by atoms with E-state index in [1.807, 2.05) is 31.2 Å². The molecule has 0 amide bonds. The number of nitrogen functional groups attached to an aromatic ring is 1. The predicted molar refractivity (Wildman–Crippen MR) is 67.3 cm³/mol. The Labute approximate surface area is 105 Å². The Balaban J connectivity index is 2.06. The van der Waals surface area contributed by atoms with Crippen LogP contribution in [0.2, 0.25) is 0 Å². The lowest BCUT2D eigenvalue weighted by atomic mass is 10.2. The van der Waals surface area contributed by atoms with Gasteiger partial charge in [0.2, 0.25) is 0 Å². The average Bonchev–Trinajstić information content (AvgIpc) is 2.37. The van der Waals surface area contributed by atoms with E-state index in [0.29, 0.717) is 12.1 Å². The third kappa shape index (κ3) is 2.82. The van der Waals surface area contributed by atoms with Crippen LogP contribution in [0.5, 0.6) is 5.75 Å². The van der Waals surface area contributed by atoms with Gasteiger partial charge in [-0.15, -0.1) is 0 Å². The van der Waals surface area contributed by atoms with Gasteiger partial charge in [0, 0.05) is 6.20 Å². The number of anilines is 1. The molecular weight excluding hydrogens is 230 g/mol. The Bertz CT molecular complexity index is 570. The van der Waals surface area contributed by atoms with Crippen LogP contribution in [-0.2, 0) is 6.61 Å². The first-order valence-electron chi connectivity index (χ1n) is 5.45. The fraction of sp³-hybridized carbons (Fsp3) is 0.154. The highest BCUT2D eigenvalue weighted by atomic mass is 16.5. The van der Waals surface area contributed by atoms with Crippen molar-refractivity contribution in [2.45, 2.75) is 13.5 Å². The van der Waals surface area contributed by atoms with Gasteiger partial charge in [-0.2, -0.15) is 0 Å². The molecule has 0 unspecified atom stereocenters. The summed E-state index contributed by atoms with van der Waals surface area (Å²) in [6.45, 7) is 2.20. The molecule has 0 fully saturated rings. The monoisotopic (exact) mass is 243 g/mol. The molecule has 92 valence electrons. The number of hydrogen-bond acceptors (Lipinski definition) is 5. The van der Waals surface area contributed by atoms with E-state index in [1.54, 1.807) is 0 Å². The number of carbonyl (C=O) groups excluding carboxylic acids is 1. The quantitative estimate of drug-likeness (QED) is 0.828. The van der Waals surface area contributed by atoms with E-state index in [-0.39, 0.29) is 18.0 Å². The van der Waals surface area contributed by atoms with Crippen molar-refractivity contribution in [3.8, 4) is 5.75 Å². The summed E-state index contributed by atoms with van der Waals surface area (Å²) in [7, 11) is 0. The van der Waals surface area contributed by atoms with Gasteiger partial charge in [0.1, 0.15) is 18.2 Å². The molecule has 0 saturated heterocycles. The number of aryl methyl sites for hydroxylation is 1. The number of nitrogens with two attached hydrogens (primary N) is 1. The summed E-state index contributed by atoms with van der Waals surface area (Å²) >= 11 is 0. The molecule has 0 bridgehead atoms. The highest BCUT2D eigenvalue weighted by Crippen LogP contribution is 2.14. The summed E-state index contributed by atoms with van der Waals surface area (Å²) in [5.41, 5.74) is 6.99. The first-order chi connectivity index (χ1) is 8.69. The number of hydrogen-bond donors (Lipinski definition) is 1. The van der Waals surface area contributed by atoms with Crippen LogP contribution < -0.4 is 10.5 Å². The lowest BCUT2D eigenvalue weighted by Crippen LogP contribution is -2.06. The zero-order chi connectivity index (χ0) is 13.0. The second-order valence-corrected chi connectivity index (χ2v) is 3.85. The number of nitrogens with zero attached hydrogens (tertiary/aromatic N) is 2. The standard InChI is InChI=1S/C13H13N3O2/c1-9-3-2-4-11(5-9)18-8-12-15-6-10(7-17)13(14)16-12/h2-7H,8H2,1H3,(H2,14,15,16). The smallest absolute Gasteiger partial charge is 0.168 e. The highest BCUT2D eigenvalue weighted by molar-refractivity contribution is 5.80. The summed E-state index contributed by atoms with van der Waals surface area (Å²) in [6, 6.07) is 7.68. The Kier molecular flexibility index (Phi) is 3.52. The zero-order valence-corrected chi connectivity index (χ0v) is 9.96. The van der Waals surface area contributed by atoms with Gasteiger partial charge in [0.05, 0.1) is 5.56 Å². The first-order valence-corrected chi connectivity index (χ1v) is 5.45. The average molecular weight is 243 g/mol. The van der Waals surface area contributed by atoms with Crippen LogP contribution in [0.15, 0.2) is 30.5 Å². The maximum absolute atomic E-state index is 10.6. The SMILES string of the molecule is Cc1cccc(OCc2ncc(C=O)c(N)n2)c1. The molecule has 0 aliphatic carbocycles. The largest absolute Gasteiger partial charge is 0.486 e. The minimum absolute atomic E-state index is 0.169. The first kappa shape index (κ1) is 12.0. The maximum Gasteiger partial charge on any atom is 0.168 e. The maximum atomic E-state index is 10.6. The van der Waals surface area contributed by atoms with Crippen LogP contribution in [0.1, 0.15) is 21.7 Å². The Hall–Kier alpha value is -2.43. The van der Waals surface area contributed by atoms with Crippen LogP contribution in [0.25, 0.3) is 0 Å². The number of aldehydes is 1. The molecule has 5 nitrogen and oxygen atoms in total. The van der Waals surface area contributed by atoms with Gasteiger partial charge in [0.15, 0.2) is 12.1 Å². The minimum atomic E-state index is 0.169. The van der Waals surface area contributed by atoms with Gasteiger partial charge < -0.3 is 10.5 Å². The van der Waals surface area contributed by atoms with Gasteiger partial charge >= 0.3 is 0 Å². The molecule has 1 aromatic heterocycles. The minimum Gasteiger partial charge on any atom is -0.486 e. The molecule has 0 spiro atoms. The topological polar surface area (TPSA) is 78.1 Å². The van der Waals surface area contributed by atoms with Crippen molar-refractivity contribution < 1.29 is 9.53 Å². The van der Waals surface area contributed by atoms with Crippen LogP contribution in [0.4, 0.5) is 5.82 Å². The van der Waals surface area contributed by atoms with E-state index in [0.717, 1.165) is 11.3 Å². The van der Waals surface area contributed by atoms with E-state index in [4.69, 9.17) is 10.5 Å². The lowest BCUT2D eigenvalue weighted by molar-refractivity contribution is 0.112. The van der Waals surface area contributed by atoms with Gasteiger partial charge in [-0.05, 0) is 24.6 Å². The predicted octanol–water partition coefficient (Wildman–Crippen LogP) is 1.76. The molecule has 1 heterocycles. The third-order valence-electron chi connectivity index (χ3n) is 2.38. The molecule has 2 aromatic rings. The molecule has 18 heavy (non-hydrogen) atoms. The van der Waals surface area contributed by atoms with Crippen LogP contribution in [-0.4, -0.2) is 16.3 Å². The second-order valence-electron chi connectivity index (χ2n) is 3.85. The normalized spacial score (nSPS) is 10.1. The van der Waals surface area contributed by atoms with Crippen molar-refractivity contribution >= 4 is 12.1 Å². The summed E-state index contributed by atoms with van der Waals surface area (Å²) in [5.74, 6) is 1.36. The molecule has 0 atom stereocenters. The molecule has 2 rings (SSSR count). The van der Waals surface area contributed by atoms with E-state index in [9.17, 15) is 4.79 Å². The number of ether oxygens (including phenoxy) is 1. The van der Waals surface area contributed by atoms with Crippen LogP contribution >= 0.6 is 0 Å². The summed E-state index contributed by atoms with van der Waals surface area (Å²) in [4.78, 5) is 18.6. The lowest BCUT2D eigenvalue weighted by Gasteiger charge is -2.06.